The second-order valence-corrected chi connectivity index (χ2v) is 3.62. The summed E-state index contributed by atoms with van der Waals surface area (Å²) in [7, 11) is 0. The molecular weight excluding hydrogens is 208 g/mol. The Balaban J connectivity index is 3.26. The molecule has 0 aliphatic heterocycles. The molecule has 0 atom stereocenters. The maximum Gasteiger partial charge on any atom is 0.303 e. The highest BCUT2D eigenvalue weighted by Gasteiger charge is 1.98. The lowest BCUT2D eigenvalue weighted by molar-refractivity contribution is -0.137. The first-order valence-electron chi connectivity index (χ1n) is 5.53. The molecule has 0 aromatic rings. The van der Waals surface area contributed by atoms with E-state index in [1.54, 1.807) is 0 Å². The van der Waals surface area contributed by atoms with Gasteiger partial charge >= 0.3 is 5.97 Å². The van der Waals surface area contributed by atoms with Crippen molar-refractivity contribution >= 4 is 18.0 Å². The lowest BCUT2D eigenvalue weighted by Gasteiger charge is -1.98. The van der Waals surface area contributed by atoms with Gasteiger partial charge in [0.2, 0.25) is 0 Å². The zero-order valence-corrected chi connectivity index (χ0v) is 9.35. The molecule has 0 bridgehead atoms. The fourth-order valence-corrected chi connectivity index (χ4v) is 1.34. The van der Waals surface area contributed by atoms with Gasteiger partial charge in [0.25, 0.3) is 0 Å². The summed E-state index contributed by atoms with van der Waals surface area (Å²) in [5, 5.41) is 8.39. The van der Waals surface area contributed by atoms with E-state index in [-0.39, 0.29) is 12.2 Å². The van der Waals surface area contributed by atoms with Gasteiger partial charge < -0.3 is 5.11 Å². The molecule has 0 radical (unpaired) electrons. The van der Waals surface area contributed by atoms with E-state index in [1.165, 1.54) is 12.2 Å². The van der Waals surface area contributed by atoms with Gasteiger partial charge in [-0.1, -0.05) is 19.3 Å². The third-order valence-corrected chi connectivity index (χ3v) is 2.17. The molecule has 0 rings (SSSR count). The predicted octanol–water partition coefficient (Wildman–Crippen LogP) is 2.13. The monoisotopic (exact) mass is 226 g/mol. The van der Waals surface area contributed by atoms with E-state index in [4.69, 9.17) is 5.11 Å². The van der Waals surface area contributed by atoms with Gasteiger partial charge in [-0.05, 0) is 25.0 Å². The van der Waals surface area contributed by atoms with Crippen LogP contribution in [-0.4, -0.2) is 23.1 Å². The number of hydrogen-bond donors (Lipinski definition) is 1. The van der Waals surface area contributed by atoms with E-state index >= 15 is 0 Å². The van der Waals surface area contributed by atoms with Crippen LogP contribution in [0.1, 0.15) is 44.9 Å². The fourth-order valence-electron chi connectivity index (χ4n) is 1.34. The zero-order chi connectivity index (χ0) is 12.2. The van der Waals surface area contributed by atoms with E-state index in [9.17, 15) is 14.4 Å². The Kier molecular flexibility index (Phi) is 9.17. The molecule has 4 heteroatoms. The van der Waals surface area contributed by atoms with Gasteiger partial charge in [0.15, 0.2) is 5.78 Å². The van der Waals surface area contributed by atoms with Gasteiger partial charge in [-0.3, -0.25) is 14.4 Å². The molecule has 4 nitrogen and oxygen atoms in total. The molecule has 0 aromatic carbocycles. The van der Waals surface area contributed by atoms with Crippen LogP contribution in [0.5, 0.6) is 0 Å². The van der Waals surface area contributed by atoms with E-state index in [2.05, 4.69) is 0 Å². The van der Waals surface area contributed by atoms with Crippen LogP contribution >= 0.6 is 0 Å². The average Bonchev–Trinajstić information content (AvgIpc) is 2.24. The Morgan fingerprint density at radius 2 is 1.50 bits per heavy atom. The van der Waals surface area contributed by atoms with Crippen molar-refractivity contribution in [1.82, 2.24) is 0 Å². The van der Waals surface area contributed by atoms with Gasteiger partial charge in [0.1, 0.15) is 6.29 Å². The number of carboxylic acids is 1. The maximum atomic E-state index is 11.1. The van der Waals surface area contributed by atoms with Crippen LogP contribution in [0, 0.1) is 0 Å². The van der Waals surface area contributed by atoms with E-state index in [0.717, 1.165) is 25.7 Å². The van der Waals surface area contributed by atoms with E-state index in [0.29, 0.717) is 19.1 Å². The summed E-state index contributed by atoms with van der Waals surface area (Å²) in [5.74, 6) is -0.785. The van der Waals surface area contributed by atoms with Crippen molar-refractivity contribution < 1.29 is 19.5 Å². The molecule has 0 unspecified atom stereocenters. The van der Waals surface area contributed by atoms with Crippen LogP contribution in [0.2, 0.25) is 0 Å². The number of ketones is 1. The highest BCUT2D eigenvalue weighted by molar-refractivity contribution is 5.92. The smallest absolute Gasteiger partial charge is 0.303 e. The molecule has 0 aliphatic carbocycles. The topological polar surface area (TPSA) is 71.4 Å². The number of carbonyl (C=O) groups is 3. The SMILES string of the molecule is O=CC=CC(=O)CCCCCCCC(=O)O. The number of carbonyl (C=O) groups excluding carboxylic acids is 2. The number of carboxylic acid groups (broad SMARTS) is 1. The standard InChI is InChI=1S/C12H18O4/c13-10-6-8-11(14)7-4-2-1-3-5-9-12(15)16/h6,8,10H,1-5,7,9H2,(H,15,16). The molecule has 0 spiro atoms. The van der Waals surface area contributed by atoms with Gasteiger partial charge in [-0.25, -0.2) is 0 Å². The molecule has 0 saturated heterocycles. The molecule has 0 saturated carbocycles. The number of rotatable bonds is 10. The normalized spacial score (nSPS) is 10.5. The molecule has 0 aliphatic rings. The largest absolute Gasteiger partial charge is 0.481 e. The Bertz CT molecular complexity index is 256. The number of aliphatic carboxylic acids is 1. The molecule has 1 N–H and O–H groups in total. The van der Waals surface area contributed by atoms with Gasteiger partial charge in [0, 0.05) is 12.8 Å². The van der Waals surface area contributed by atoms with Gasteiger partial charge in [-0.2, -0.15) is 0 Å². The second kappa shape index (κ2) is 10.1. The Morgan fingerprint density at radius 1 is 0.938 bits per heavy atom. The first-order chi connectivity index (χ1) is 7.66. The third kappa shape index (κ3) is 10.6. The summed E-state index contributed by atoms with van der Waals surface area (Å²) in [6.45, 7) is 0. The predicted molar refractivity (Wildman–Crippen MR) is 60.2 cm³/mol. The highest BCUT2D eigenvalue weighted by Crippen LogP contribution is 2.07. The van der Waals surface area contributed by atoms with Crippen molar-refractivity contribution in [3.8, 4) is 0 Å². The van der Waals surface area contributed by atoms with Crippen molar-refractivity contribution in [2.45, 2.75) is 44.9 Å². The van der Waals surface area contributed by atoms with Crippen molar-refractivity contribution in [2.75, 3.05) is 0 Å². The van der Waals surface area contributed by atoms with Crippen LogP contribution in [0.3, 0.4) is 0 Å². The van der Waals surface area contributed by atoms with Crippen LogP contribution in [0.25, 0.3) is 0 Å². The number of aldehydes is 1. The Labute approximate surface area is 95.3 Å². The maximum absolute atomic E-state index is 11.1. The second-order valence-electron chi connectivity index (χ2n) is 3.62. The summed E-state index contributed by atoms with van der Waals surface area (Å²) < 4.78 is 0. The third-order valence-electron chi connectivity index (χ3n) is 2.17. The van der Waals surface area contributed by atoms with Crippen LogP contribution in [-0.2, 0) is 14.4 Å². The fraction of sp³-hybridized carbons (Fsp3) is 0.583. The minimum atomic E-state index is -0.755. The minimum absolute atomic E-state index is 0.0300. The number of allylic oxidation sites excluding steroid dienone is 2. The Morgan fingerprint density at radius 3 is 2.06 bits per heavy atom. The Hall–Kier alpha value is -1.45. The first kappa shape index (κ1) is 14.6. The zero-order valence-electron chi connectivity index (χ0n) is 9.35. The van der Waals surface area contributed by atoms with Crippen molar-refractivity contribution in [1.29, 1.82) is 0 Å². The number of hydrogen-bond acceptors (Lipinski definition) is 3. The number of unbranched alkanes of at least 4 members (excludes halogenated alkanes) is 4. The van der Waals surface area contributed by atoms with Crippen molar-refractivity contribution in [3.63, 3.8) is 0 Å². The average molecular weight is 226 g/mol. The summed E-state index contributed by atoms with van der Waals surface area (Å²) in [6.07, 6.45) is 8.05. The van der Waals surface area contributed by atoms with Crippen LogP contribution in [0.15, 0.2) is 12.2 Å². The molecule has 0 fully saturated rings. The minimum Gasteiger partial charge on any atom is -0.481 e. The molecule has 0 heterocycles. The van der Waals surface area contributed by atoms with Crippen molar-refractivity contribution in [2.24, 2.45) is 0 Å². The van der Waals surface area contributed by atoms with Crippen molar-refractivity contribution in [3.05, 3.63) is 12.2 Å². The van der Waals surface area contributed by atoms with Crippen LogP contribution in [0.4, 0.5) is 0 Å². The quantitative estimate of drug-likeness (QED) is 0.352. The summed E-state index contributed by atoms with van der Waals surface area (Å²) in [4.78, 5) is 31.2. The lowest BCUT2D eigenvalue weighted by atomic mass is 10.1. The molecule has 90 valence electrons. The van der Waals surface area contributed by atoms with Gasteiger partial charge in [0.05, 0.1) is 0 Å². The molecule has 0 amide bonds. The highest BCUT2D eigenvalue weighted by atomic mass is 16.4. The molecule has 16 heavy (non-hydrogen) atoms. The van der Waals surface area contributed by atoms with Crippen LogP contribution < -0.4 is 0 Å². The van der Waals surface area contributed by atoms with E-state index < -0.39 is 5.97 Å². The summed E-state index contributed by atoms with van der Waals surface area (Å²) >= 11 is 0. The molecule has 0 aromatic heterocycles. The van der Waals surface area contributed by atoms with E-state index in [1.807, 2.05) is 0 Å². The van der Waals surface area contributed by atoms with Gasteiger partial charge in [-0.15, -0.1) is 0 Å². The first-order valence-corrected chi connectivity index (χ1v) is 5.53. The lowest BCUT2D eigenvalue weighted by Crippen LogP contribution is -1.94. The summed E-state index contributed by atoms with van der Waals surface area (Å²) in [5.41, 5.74) is 0. The molecular formula is C12H18O4. The summed E-state index contributed by atoms with van der Waals surface area (Å²) in [6, 6.07) is 0.